The molecule has 0 saturated heterocycles. The van der Waals surface area contributed by atoms with Crippen molar-refractivity contribution in [3.8, 4) is 0 Å². The van der Waals surface area contributed by atoms with Crippen LogP contribution in [0.2, 0.25) is 0 Å². The van der Waals surface area contributed by atoms with Crippen molar-refractivity contribution in [3.63, 3.8) is 0 Å². The van der Waals surface area contributed by atoms with Crippen molar-refractivity contribution in [3.05, 3.63) is 23.0 Å². The summed E-state index contributed by atoms with van der Waals surface area (Å²) in [4.78, 5) is 12.8. The van der Waals surface area contributed by atoms with E-state index in [4.69, 9.17) is 0 Å². The summed E-state index contributed by atoms with van der Waals surface area (Å²) in [5, 5.41) is 3.20. The van der Waals surface area contributed by atoms with Gasteiger partial charge in [-0.05, 0) is 6.42 Å². The topological polar surface area (TPSA) is 32.3 Å². The second-order valence-electron chi connectivity index (χ2n) is 3.17. The lowest BCUT2D eigenvalue weighted by molar-refractivity contribution is -0.105. The van der Waals surface area contributed by atoms with Gasteiger partial charge in [-0.2, -0.15) is 0 Å². The van der Waals surface area contributed by atoms with E-state index in [0.717, 1.165) is 36.2 Å². The minimum absolute atomic E-state index is 0.689. The van der Waals surface area contributed by atoms with Crippen LogP contribution < -0.4 is 5.32 Å². The summed E-state index contributed by atoms with van der Waals surface area (Å²) >= 11 is 0. The normalized spacial score (nSPS) is 21.8. The van der Waals surface area contributed by atoms with Crippen LogP contribution in [0.25, 0.3) is 0 Å². The molecule has 2 aliphatic heterocycles. The van der Waals surface area contributed by atoms with E-state index in [0.29, 0.717) is 6.54 Å². The molecule has 1 N–H and O–H groups in total. The number of rotatable bonds is 1. The van der Waals surface area contributed by atoms with Gasteiger partial charge in [0.1, 0.15) is 6.29 Å². The number of fused-ring (bicyclic) bond motifs is 1. The van der Waals surface area contributed by atoms with Gasteiger partial charge >= 0.3 is 0 Å². The molecule has 3 heteroatoms. The summed E-state index contributed by atoms with van der Waals surface area (Å²) in [6.45, 7) is 1.70. The molecular weight excluding hydrogens is 152 g/mol. The van der Waals surface area contributed by atoms with Crippen molar-refractivity contribution in [2.75, 3.05) is 20.1 Å². The Labute approximate surface area is 71.7 Å². The Bertz CT molecular complexity index is 278. The van der Waals surface area contributed by atoms with Crippen LogP contribution in [0.4, 0.5) is 0 Å². The van der Waals surface area contributed by atoms with E-state index in [1.165, 1.54) is 0 Å². The maximum absolute atomic E-state index is 10.7. The summed E-state index contributed by atoms with van der Waals surface area (Å²) in [5.74, 6) is 0. The van der Waals surface area contributed by atoms with Crippen molar-refractivity contribution < 1.29 is 4.79 Å². The van der Waals surface area contributed by atoms with Gasteiger partial charge in [0, 0.05) is 25.7 Å². The lowest BCUT2D eigenvalue weighted by Gasteiger charge is -2.25. The predicted molar refractivity (Wildman–Crippen MR) is 46.4 cm³/mol. The van der Waals surface area contributed by atoms with Crippen molar-refractivity contribution in [1.29, 1.82) is 0 Å². The van der Waals surface area contributed by atoms with Gasteiger partial charge in [0.2, 0.25) is 0 Å². The van der Waals surface area contributed by atoms with Gasteiger partial charge < -0.3 is 10.2 Å². The van der Waals surface area contributed by atoms with Crippen LogP contribution in [0, 0.1) is 0 Å². The van der Waals surface area contributed by atoms with Gasteiger partial charge in [0.05, 0.1) is 11.4 Å². The van der Waals surface area contributed by atoms with Gasteiger partial charge in [0.25, 0.3) is 0 Å². The van der Waals surface area contributed by atoms with Gasteiger partial charge in [0.15, 0.2) is 0 Å². The number of hydrogen-bond donors (Lipinski definition) is 1. The number of nitrogens with zero attached hydrogens (tertiary/aromatic N) is 1. The fourth-order valence-electron chi connectivity index (χ4n) is 1.76. The maximum atomic E-state index is 10.7. The molecule has 2 aliphatic rings. The average Bonchev–Trinajstić information content (AvgIpc) is 2.49. The molecule has 0 unspecified atom stereocenters. The summed E-state index contributed by atoms with van der Waals surface area (Å²) in [5.41, 5.74) is 3.10. The number of hydrogen-bond acceptors (Lipinski definition) is 3. The maximum Gasteiger partial charge on any atom is 0.149 e. The molecule has 0 bridgehead atoms. The number of carbonyl (C=O) groups excluding carboxylic acids is 1. The molecule has 0 fully saturated rings. The molecule has 64 valence electrons. The van der Waals surface area contributed by atoms with Crippen molar-refractivity contribution in [2.45, 2.75) is 6.42 Å². The van der Waals surface area contributed by atoms with E-state index in [1.54, 1.807) is 0 Å². The summed E-state index contributed by atoms with van der Waals surface area (Å²) in [6.07, 6.45) is 4.17. The summed E-state index contributed by atoms with van der Waals surface area (Å²) < 4.78 is 0. The predicted octanol–water partition coefficient (Wildman–Crippen LogP) is 0.262. The van der Waals surface area contributed by atoms with Crippen LogP contribution in [-0.2, 0) is 4.79 Å². The highest BCUT2D eigenvalue weighted by Crippen LogP contribution is 2.25. The number of carbonyl (C=O) groups is 1. The first-order chi connectivity index (χ1) is 5.83. The van der Waals surface area contributed by atoms with E-state index >= 15 is 0 Å². The van der Waals surface area contributed by atoms with Gasteiger partial charge in [-0.1, -0.05) is 6.08 Å². The molecule has 2 rings (SSSR count). The molecule has 3 nitrogen and oxygen atoms in total. The quantitative estimate of drug-likeness (QED) is 0.564. The summed E-state index contributed by atoms with van der Waals surface area (Å²) in [6, 6.07) is 0. The zero-order valence-electron chi connectivity index (χ0n) is 7.13. The molecule has 0 aromatic rings. The van der Waals surface area contributed by atoms with Crippen LogP contribution in [0.3, 0.4) is 0 Å². The SMILES string of the molecule is CN1CCC=C2NCC(C=O)=C21. The third-order valence-electron chi connectivity index (χ3n) is 2.37. The van der Waals surface area contributed by atoms with E-state index in [2.05, 4.69) is 16.3 Å². The Balaban J connectivity index is 2.43. The fourth-order valence-corrected chi connectivity index (χ4v) is 1.76. The Kier molecular flexibility index (Phi) is 1.64. The van der Waals surface area contributed by atoms with Crippen LogP contribution in [0.5, 0.6) is 0 Å². The van der Waals surface area contributed by atoms with E-state index < -0.39 is 0 Å². The molecule has 0 radical (unpaired) electrons. The van der Waals surface area contributed by atoms with Crippen molar-refractivity contribution in [1.82, 2.24) is 10.2 Å². The first kappa shape index (κ1) is 7.40. The van der Waals surface area contributed by atoms with Crippen molar-refractivity contribution >= 4 is 6.29 Å². The number of likely N-dealkylation sites (N-methyl/N-ethyl adjacent to an activating group) is 1. The molecule has 0 aromatic carbocycles. The smallest absolute Gasteiger partial charge is 0.149 e. The largest absolute Gasteiger partial charge is 0.379 e. The molecule has 0 saturated carbocycles. The minimum Gasteiger partial charge on any atom is -0.379 e. The highest BCUT2D eigenvalue weighted by Gasteiger charge is 2.23. The highest BCUT2D eigenvalue weighted by molar-refractivity contribution is 5.78. The molecule has 0 atom stereocenters. The van der Waals surface area contributed by atoms with Crippen molar-refractivity contribution in [2.24, 2.45) is 0 Å². The zero-order chi connectivity index (χ0) is 8.55. The second kappa shape index (κ2) is 2.66. The lowest BCUT2D eigenvalue weighted by Crippen LogP contribution is -2.25. The van der Waals surface area contributed by atoms with E-state index in [9.17, 15) is 4.79 Å². The number of aldehydes is 1. The zero-order valence-corrected chi connectivity index (χ0v) is 7.13. The Hall–Kier alpha value is -1.25. The van der Waals surface area contributed by atoms with Crippen LogP contribution in [0.1, 0.15) is 6.42 Å². The van der Waals surface area contributed by atoms with Crippen LogP contribution in [0.15, 0.2) is 23.0 Å². The fraction of sp³-hybridized carbons (Fsp3) is 0.444. The molecule has 0 aromatic heterocycles. The first-order valence-corrected chi connectivity index (χ1v) is 4.17. The average molecular weight is 164 g/mol. The Morgan fingerprint density at radius 3 is 3.25 bits per heavy atom. The molecule has 2 heterocycles. The number of nitrogens with one attached hydrogen (secondary N) is 1. The first-order valence-electron chi connectivity index (χ1n) is 4.17. The van der Waals surface area contributed by atoms with Gasteiger partial charge in [-0.25, -0.2) is 0 Å². The molecular formula is C9H12N2O. The van der Waals surface area contributed by atoms with Gasteiger partial charge in [-0.15, -0.1) is 0 Å². The van der Waals surface area contributed by atoms with Gasteiger partial charge in [-0.3, -0.25) is 4.79 Å². The monoisotopic (exact) mass is 164 g/mol. The molecule has 0 aliphatic carbocycles. The van der Waals surface area contributed by atoms with E-state index in [1.807, 2.05) is 7.05 Å². The lowest BCUT2D eigenvalue weighted by atomic mass is 10.1. The van der Waals surface area contributed by atoms with Crippen LogP contribution >= 0.6 is 0 Å². The second-order valence-corrected chi connectivity index (χ2v) is 3.17. The minimum atomic E-state index is 0.689. The Morgan fingerprint density at radius 2 is 2.50 bits per heavy atom. The Morgan fingerprint density at radius 1 is 1.67 bits per heavy atom. The highest BCUT2D eigenvalue weighted by atomic mass is 16.1. The standard InChI is InChI=1S/C9H12N2O/c1-11-4-2-3-8-9(11)7(6-12)5-10-8/h3,6,10H,2,4-5H2,1H3. The summed E-state index contributed by atoms with van der Waals surface area (Å²) in [7, 11) is 2.03. The van der Waals surface area contributed by atoms with E-state index in [-0.39, 0.29) is 0 Å². The molecule has 0 amide bonds. The van der Waals surface area contributed by atoms with Crippen LogP contribution in [-0.4, -0.2) is 31.3 Å². The third-order valence-corrected chi connectivity index (χ3v) is 2.37. The molecule has 12 heavy (non-hydrogen) atoms. The third kappa shape index (κ3) is 0.932. The molecule has 0 spiro atoms.